The van der Waals surface area contributed by atoms with E-state index in [0.29, 0.717) is 23.7 Å². The van der Waals surface area contributed by atoms with E-state index in [4.69, 9.17) is 21.9 Å². The van der Waals surface area contributed by atoms with Crippen LogP contribution >= 0.6 is 0 Å². The van der Waals surface area contributed by atoms with Gasteiger partial charge in [0.2, 0.25) is 0 Å². The third kappa shape index (κ3) is 3.16. The third-order valence-corrected chi connectivity index (χ3v) is 2.64. The van der Waals surface area contributed by atoms with Crippen LogP contribution in [0, 0.1) is 0 Å². The minimum absolute atomic E-state index is 0.274. The predicted octanol–water partition coefficient (Wildman–Crippen LogP) is 1.53. The Hall–Kier alpha value is -2.69. The summed E-state index contributed by atoms with van der Waals surface area (Å²) >= 11 is 0. The summed E-state index contributed by atoms with van der Waals surface area (Å²) in [6, 6.07) is 12.1. The second kappa shape index (κ2) is 5.30. The van der Waals surface area contributed by atoms with Crippen LogP contribution in [0.25, 0.3) is 0 Å². The summed E-state index contributed by atoms with van der Waals surface area (Å²) in [5, 5.41) is 0. The molecule has 0 saturated carbocycles. The van der Waals surface area contributed by atoms with Gasteiger partial charge in [-0.25, -0.2) is 0 Å². The lowest BCUT2D eigenvalue weighted by molar-refractivity contribution is 0.0996. The Labute approximate surface area is 111 Å². The van der Waals surface area contributed by atoms with Gasteiger partial charge in [-0.2, -0.15) is 0 Å². The van der Waals surface area contributed by atoms with Crippen LogP contribution in [0.5, 0.6) is 5.75 Å². The van der Waals surface area contributed by atoms with Crippen molar-refractivity contribution in [3.63, 3.8) is 0 Å². The van der Waals surface area contributed by atoms with Crippen LogP contribution in [-0.4, -0.2) is 5.91 Å². The molecule has 0 saturated heterocycles. The molecule has 0 spiro atoms. The average molecular weight is 257 g/mol. The number of anilines is 2. The molecular weight excluding hydrogens is 242 g/mol. The summed E-state index contributed by atoms with van der Waals surface area (Å²) in [4.78, 5) is 11.3. The largest absolute Gasteiger partial charge is 0.488 e. The zero-order valence-electron chi connectivity index (χ0n) is 10.3. The Balaban J connectivity index is 2.15. The molecule has 5 heteroatoms. The fourth-order valence-corrected chi connectivity index (χ4v) is 1.64. The number of nitrogens with two attached hydrogens (primary N) is 3. The van der Waals surface area contributed by atoms with Crippen molar-refractivity contribution in [3.05, 3.63) is 53.6 Å². The lowest BCUT2D eigenvalue weighted by atomic mass is 10.1. The molecule has 0 fully saturated rings. The maximum absolute atomic E-state index is 11.3. The first kappa shape index (κ1) is 12.8. The summed E-state index contributed by atoms with van der Waals surface area (Å²) in [5.74, 6) is -0.155. The normalized spacial score (nSPS) is 10.1. The number of nitrogen functional groups attached to an aromatic ring is 2. The van der Waals surface area contributed by atoms with E-state index in [-0.39, 0.29) is 5.56 Å². The maximum Gasteiger partial charge on any atom is 0.252 e. The highest BCUT2D eigenvalue weighted by Gasteiger charge is 2.10. The average Bonchev–Trinajstić information content (AvgIpc) is 2.39. The monoisotopic (exact) mass is 257 g/mol. The molecule has 1 amide bonds. The van der Waals surface area contributed by atoms with E-state index < -0.39 is 5.91 Å². The molecule has 19 heavy (non-hydrogen) atoms. The van der Waals surface area contributed by atoms with E-state index in [0.717, 1.165) is 5.56 Å². The van der Waals surface area contributed by atoms with Crippen LogP contribution in [0.3, 0.4) is 0 Å². The quantitative estimate of drug-likeness (QED) is 0.722. The molecule has 0 bridgehead atoms. The third-order valence-electron chi connectivity index (χ3n) is 2.64. The van der Waals surface area contributed by atoms with Crippen molar-refractivity contribution < 1.29 is 9.53 Å². The second-order valence-corrected chi connectivity index (χ2v) is 4.15. The fourth-order valence-electron chi connectivity index (χ4n) is 1.64. The molecule has 0 atom stereocenters. The van der Waals surface area contributed by atoms with E-state index in [1.807, 2.05) is 12.1 Å². The Kier molecular flexibility index (Phi) is 3.56. The van der Waals surface area contributed by atoms with Gasteiger partial charge in [0, 0.05) is 11.4 Å². The summed E-state index contributed by atoms with van der Waals surface area (Å²) in [5.41, 5.74) is 18.9. The smallest absolute Gasteiger partial charge is 0.252 e. The van der Waals surface area contributed by atoms with Crippen molar-refractivity contribution in [2.24, 2.45) is 5.73 Å². The Morgan fingerprint density at radius 2 is 1.63 bits per heavy atom. The molecule has 0 aliphatic carbocycles. The van der Waals surface area contributed by atoms with E-state index >= 15 is 0 Å². The lowest BCUT2D eigenvalue weighted by Crippen LogP contribution is -2.13. The summed E-state index contributed by atoms with van der Waals surface area (Å²) in [6.07, 6.45) is 0. The molecular formula is C14H15N3O2. The highest BCUT2D eigenvalue weighted by molar-refractivity contribution is 5.96. The van der Waals surface area contributed by atoms with Gasteiger partial charge in [-0.3, -0.25) is 4.79 Å². The Morgan fingerprint density at radius 3 is 2.26 bits per heavy atom. The maximum atomic E-state index is 11.3. The van der Waals surface area contributed by atoms with Crippen molar-refractivity contribution in [2.75, 3.05) is 11.5 Å². The molecule has 2 rings (SSSR count). The number of amides is 1. The summed E-state index contributed by atoms with van der Waals surface area (Å²) in [7, 11) is 0. The Bertz CT molecular complexity index is 594. The van der Waals surface area contributed by atoms with Crippen molar-refractivity contribution in [2.45, 2.75) is 6.61 Å². The number of primary amides is 1. The van der Waals surface area contributed by atoms with Gasteiger partial charge in [-0.05, 0) is 35.9 Å². The van der Waals surface area contributed by atoms with Crippen LogP contribution in [0.2, 0.25) is 0 Å². The van der Waals surface area contributed by atoms with E-state index in [1.165, 1.54) is 6.07 Å². The molecule has 2 aromatic carbocycles. The van der Waals surface area contributed by atoms with Crippen LogP contribution in [0.15, 0.2) is 42.5 Å². The molecule has 98 valence electrons. The highest BCUT2D eigenvalue weighted by Crippen LogP contribution is 2.22. The predicted molar refractivity (Wildman–Crippen MR) is 74.6 cm³/mol. The summed E-state index contributed by atoms with van der Waals surface area (Å²) < 4.78 is 5.58. The molecule has 0 aliphatic rings. The first-order chi connectivity index (χ1) is 9.06. The van der Waals surface area contributed by atoms with Crippen molar-refractivity contribution in [1.29, 1.82) is 0 Å². The van der Waals surface area contributed by atoms with Gasteiger partial charge in [0.1, 0.15) is 12.4 Å². The van der Waals surface area contributed by atoms with Gasteiger partial charge in [0.15, 0.2) is 0 Å². The molecule has 0 unspecified atom stereocenters. The first-order valence-electron chi connectivity index (χ1n) is 5.73. The number of carbonyl (C=O) groups excluding carboxylic acids is 1. The second-order valence-electron chi connectivity index (χ2n) is 4.15. The molecule has 6 N–H and O–H groups in total. The Morgan fingerprint density at radius 1 is 1.00 bits per heavy atom. The zero-order valence-corrected chi connectivity index (χ0v) is 10.3. The van der Waals surface area contributed by atoms with E-state index in [1.54, 1.807) is 24.3 Å². The first-order valence-corrected chi connectivity index (χ1v) is 5.73. The number of benzene rings is 2. The van der Waals surface area contributed by atoms with Gasteiger partial charge in [0.25, 0.3) is 5.91 Å². The number of rotatable bonds is 4. The molecule has 5 nitrogen and oxygen atoms in total. The molecule has 0 aromatic heterocycles. The standard InChI is InChI=1S/C14H15N3O2/c15-10-3-1-9(2-4-10)8-19-13-6-5-11(16)7-12(13)14(17)18/h1-7H,8,15-16H2,(H2,17,18). The van der Waals surface area contributed by atoms with Gasteiger partial charge in [-0.15, -0.1) is 0 Å². The number of hydrogen-bond donors (Lipinski definition) is 3. The lowest BCUT2D eigenvalue weighted by Gasteiger charge is -2.10. The molecule has 0 aliphatic heterocycles. The van der Waals surface area contributed by atoms with E-state index in [2.05, 4.69) is 0 Å². The fraction of sp³-hybridized carbons (Fsp3) is 0.0714. The molecule has 2 aromatic rings. The number of carbonyl (C=O) groups is 1. The number of hydrogen-bond acceptors (Lipinski definition) is 4. The van der Waals surface area contributed by atoms with Gasteiger partial charge in [-0.1, -0.05) is 12.1 Å². The molecule has 0 radical (unpaired) electrons. The minimum atomic E-state index is -0.570. The minimum Gasteiger partial charge on any atom is -0.488 e. The van der Waals surface area contributed by atoms with Gasteiger partial charge < -0.3 is 21.9 Å². The van der Waals surface area contributed by atoms with Crippen molar-refractivity contribution in [3.8, 4) is 5.75 Å². The topological polar surface area (TPSA) is 104 Å². The highest BCUT2D eigenvalue weighted by atomic mass is 16.5. The number of ether oxygens (including phenoxy) is 1. The zero-order chi connectivity index (χ0) is 13.8. The van der Waals surface area contributed by atoms with Crippen LogP contribution in [-0.2, 0) is 6.61 Å². The van der Waals surface area contributed by atoms with Crippen LogP contribution < -0.4 is 21.9 Å². The van der Waals surface area contributed by atoms with Crippen LogP contribution in [0.1, 0.15) is 15.9 Å². The van der Waals surface area contributed by atoms with Gasteiger partial charge in [0.05, 0.1) is 5.56 Å². The van der Waals surface area contributed by atoms with E-state index in [9.17, 15) is 4.79 Å². The van der Waals surface area contributed by atoms with Gasteiger partial charge >= 0.3 is 0 Å². The van der Waals surface area contributed by atoms with Crippen molar-refractivity contribution >= 4 is 17.3 Å². The summed E-state index contributed by atoms with van der Waals surface area (Å²) in [6.45, 7) is 0.324. The van der Waals surface area contributed by atoms with Crippen molar-refractivity contribution in [1.82, 2.24) is 0 Å². The van der Waals surface area contributed by atoms with Crippen LogP contribution in [0.4, 0.5) is 11.4 Å². The molecule has 0 heterocycles. The SMILES string of the molecule is NC(=O)c1cc(N)ccc1OCc1ccc(N)cc1.